The lowest BCUT2D eigenvalue weighted by molar-refractivity contribution is -0.142. The number of benzene rings is 1. The van der Waals surface area contributed by atoms with Crippen molar-refractivity contribution in [2.24, 2.45) is 0 Å². The highest BCUT2D eigenvalue weighted by molar-refractivity contribution is 8.08. The summed E-state index contributed by atoms with van der Waals surface area (Å²) in [6.45, 7) is 5.65. The molecule has 0 bridgehead atoms. The largest absolute Gasteiger partial charge is 0.473 e. The van der Waals surface area contributed by atoms with Crippen LogP contribution in [0.15, 0.2) is 35.2 Å². The second-order valence-corrected chi connectivity index (χ2v) is 7.96. The third kappa shape index (κ3) is 3.26. The normalized spacial score (nSPS) is 19.8. The first-order chi connectivity index (χ1) is 11.3. The first-order valence-electron chi connectivity index (χ1n) is 7.75. The number of carbonyl (C=O) groups excluding carboxylic acids is 1. The standard InChI is InChI=1S/C16H21N3O4S/c1-4-8-12-11-23-16(2,3)19(12)15(20)14(18-17)24(21,22)13-9-6-5-7-10-13/h5-7,9-10,12H,4,8,11H2,1-3H3/t12-/m0/s1. The fraction of sp³-hybridized carbons (Fsp3) is 0.500. The molecule has 0 saturated carbocycles. The molecule has 0 aliphatic carbocycles. The monoisotopic (exact) mass is 351 g/mol. The van der Waals surface area contributed by atoms with Crippen LogP contribution in [0.2, 0.25) is 0 Å². The average Bonchev–Trinajstić information content (AvgIpc) is 2.83. The van der Waals surface area contributed by atoms with Crippen molar-refractivity contribution in [2.75, 3.05) is 6.61 Å². The van der Waals surface area contributed by atoms with Crippen LogP contribution in [-0.4, -0.2) is 47.4 Å². The number of amides is 1. The third-order valence-electron chi connectivity index (χ3n) is 4.00. The average molecular weight is 351 g/mol. The molecule has 1 aliphatic rings. The molecule has 1 saturated heterocycles. The molecule has 1 heterocycles. The SMILES string of the molecule is CCC[C@H]1COC(C)(C)N1C(=O)C(=[N+]=[N-])S(=O)(=O)c1ccccc1. The maximum absolute atomic E-state index is 12.9. The molecule has 0 unspecified atom stereocenters. The van der Waals surface area contributed by atoms with Gasteiger partial charge in [-0.15, -0.1) is 4.79 Å². The van der Waals surface area contributed by atoms with Crippen LogP contribution in [0.25, 0.3) is 5.53 Å². The Morgan fingerprint density at radius 3 is 2.54 bits per heavy atom. The lowest BCUT2D eigenvalue weighted by Crippen LogP contribution is -2.52. The van der Waals surface area contributed by atoms with E-state index >= 15 is 0 Å². The molecule has 2 rings (SSSR count). The molecule has 1 aromatic carbocycles. The second kappa shape index (κ2) is 6.84. The first kappa shape index (κ1) is 18.3. The number of hydrogen-bond acceptors (Lipinski definition) is 4. The van der Waals surface area contributed by atoms with Crippen LogP contribution < -0.4 is 0 Å². The topological polar surface area (TPSA) is 100 Å². The maximum atomic E-state index is 12.9. The van der Waals surface area contributed by atoms with E-state index in [1.807, 2.05) is 6.92 Å². The Labute approximate surface area is 141 Å². The van der Waals surface area contributed by atoms with Gasteiger partial charge in [-0.2, -0.15) is 0 Å². The van der Waals surface area contributed by atoms with Gasteiger partial charge < -0.3 is 10.3 Å². The highest BCUT2D eigenvalue weighted by atomic mass is 32.2. The van der Waals surface area contributed by atoms with Crippen LogP contribution in [-0.2, 0) is 19.4 Å². The van der Waals surface area contributed by atoms with E-state index in [-0.39, 0.29) is 10.9 Å². The van der Waals surface area contributed by atoms with E-state index in [4.69, 9.17) is 4.74 Å². The van der Waals surface area contributed by atoms with Gasteiger partial charge in [0.05, 0.1) is 17.5 Å². The summed E-state index contributed by atoms with van der Waals surface area (Å²) < 4.78 is 30.9. The van der Waals surface area contributed by atoms with Crippen molar-refractivity contribution in [3.63, 3.8) is 0 Å². The third-order valence-corrected chi connectivity index (χ3v) is 5.65. The molecule has 1 amide bonds. The van der Waals surface area contributed by atoms with Crippen LogP contribution >= 0.6 is 0 Å². The van der Waals surface area contributed by atoms with Crippen molar-refractivity contribution in [1.29, 1.82) is 0 Å². The van der Waals surface area contributed by atoms with E-state index in [0.29, 0.717) is 13.0 Å². The van der Waals surface area contributed by atoms with Crippen molar-refractivity contribution >= 4 is 20.8 Å². The van der Waals surface area contributed by atoms with Gasteiger partial charge in [0.25, 0.3) is 9.84 Å². The van der Waals surface area contributed by atoms with Gasteiger partial charge in [-0.25, -0.2) is 8.42 Å². The Balaban J connectivity index is 2.44. The van der Waals surface area contributed by atoms with Gasteiger partial charge in [0.1, 0.15) is 5.72 Å². The number of ether oxygens (including phenoxy) is 1. The number of nitrogens with zero attached hydrogens (tertiary/aromatic N) is 3. The fourth-order valence-electron chi connectivity index (χ4n) is 2.87. The summed E-state index contributed by atoms with van der Waals surface area (Å²) in [6.07, 6.45) is 1.48. The van der Waals surface area contributed by atoms with Crippen LogP contribution in [0.5, 0.6) is 0 Å². The van der Waals surface area contributed by atoms with Gasteiger partial charge in [0.2, 0.25) is 0 Å². The minimum atomic E-state index is -4.22. The van der Waals surface area contributed by atoms with Crippen molar-refractivity contribution in [1.82, 2.24) is 4.90 Å². The summed E-state index contributed by atoms with van der Waals surface area (Å²) in [5.74, 6) is -0.859. The van der Waals surface area contributed by atoms with Gasteiger partial charge in [-0.1, -0.05) is 31.5 Å². The molecule has 1 aliphatic heterocycles. The molecule has 0 aromatic heterocycles. The Morgan fingerprint density at radius 2 is 2.00 bits per heavy atom. The lowest BCUT2D eigenvalue weighted by atomic mass is 10.1. The van der Waals surface area contributed by atoms with Crippen molar-refractivity contribution in [3.8, 4) is 0 Å². The highest BCUT2D eigenvalue weighted by Crippen LogP contribution is 2.30. The van der Waals surface area contributed by atoms with E-state index in [0.717, 1.165) is 6.42 Å². The van der Waals surface area contributed by atoms with Gasteiger partial charge >= 0.3 is 11.0 Å². The predicted octanol–water partition coefficient (Wildman–Crippen LogP) is 1.85. The summed E-state index contributed by atoms with van der Waals surface area (Å²) in [5, 5.41) is -0.895. The van der Waals surface area contributed by atoms with Crippen molar-refractivity contribution < 1.29 is 22.7 Å². The Bertz CT molecular complexity index is 768. The predicted molar refractivity (Wildman–Crippen MR) is 87.8 cm³/mol. The molecule has 1 atom stereocenters. The van der Waals surface area contributed by atoms with Crippen LogP contribution in [0, 0.1) is 0 Å². The van der Waals surface area contributed by atoms with Gasteiger partial charge in [0, 0.05) is 0 Å². The molecule has 1 fully saturated rings. The van der Waals surface area contributed by atoms with Crippen LogP contribution in [0.3, 0.4) is 0 Å². The molecule has 1 aromatic rings. The molecule has 0 N–H and O–H groups in total. The summed E-state index contributed by atoms with van der Waals surface area (Å²) in [4.78, 5) is 16.9. The number of carbonyl (C=O) groups is 1. The Kier molecular flexibility index (Phi) is 5.22. The number of sulfone groups is 1. The summed E-state index contributed by atoms with van der Waals surface area (Å²) in [7, 11) is -4.22. The lowest BCUT2D eigenvalue weighted by Gasteiger charge is -2.32. The van der Waals surface area contributed by atoms with Crippen LogP contribution in [0.1, 0.15) is 33.6 Å². The molecule has 0 spiro atoms. The zero-order valence-electron chi connectivity index (χ0n) is 14.0. The number of hydrogen-bond donors (Lipinski definition) is 0. The molecule has 0 radical (unpaired) electrons. The van der Waals surface area contributed by atoms with Crippen LogP contribution in [0.4, 0.5) is 0 Å². The van der Waals surface area contributed by atoms with Crippen molar-refractivity contribution in [2.45, 2.75) is 50.3 Å². The Morgan fingerprint density at radius 1 is 1.38 bits per heavy atom. The van der Waals surface area contributed by atoms with E-state index < -0.39 is 26.5 Å². The number of rotatable bonds is 3. The highest BCUT2D eigenvalue weighted by Gasteiger charge is 2.50. The smallest absolute Gasteiger partial charge is 0.360 e. The van der Waals surface area contributed by atoms with E-state index in [9.17, 15) is 18.7 Å². The fourth-order valence-corrected chi connectivity index (χ4v) is 4.04. The Hall–Kier alpha value is -2.02. The molecule has 130 valence electrons. The van der Waals surface area contributed by atoms with E-state index in [1.54, 1.807) is 19.9 Å². The molecule has 8 heteroatoms. The molecular weight excluding hydrogens is 330 g/mol. The zero-order chi connectivity index (χ0) is 18.0. The van der Waals surface area contributed by atoms with Gasteiger partial charge in [-0.3, -0.25) is 9.69 Å². The summed E-state index contributed by atoms with van der Waals surface area (Å²) in [6, 6.07) is 7.17. The van der Waals surface area contributed by atoms with E-state index in [2.05, 4.69) is 4.79 Å². The van der Waals surface area contributed by atoms with Gasteiger partial charge in [0.15, 0.2) is 0 Å². The summed E-state index contributed by atoms with van der Waals surface area (Å²) in [5.41, 5.74) is 8.29. The van der Waals surface area contributed by atoms with Crippen molar-refractivity contribution in [3.05, 3.63) is 35.9 Å². The maximum Gasteiger partial charge on any atom is 0.473 e. The van der Waals surface area contributed by atoms with Gasteiger partial charge in [-0.05, 0) is 32.4 Å². The minimum absolute atomic E-state index is 0.101. The molecular formula is C16H21N3O4S. The first-order valence-corrected chi connectivity index (χ1v) is 9.23. The quantitative estimate of drug-likeness (QED) is 0.359. The minimum Gasteiger partial charge on any atom is -0.360 e. The molecule has 24 heavy (non-hydrogen) atoms. The molecule has 7 nitrogen and oxygen atoms in total. The summed E-state index contributed by atoms with van der Waals surface area (Å²) >= 11 is 0. The zero-order valence-corrected chi connectivity index (χ0v) is 14.8. The second-order valence-electron chi connectivity index (χ2n) is 6.10. The van der Waals surface area contributed by atoms with E-state index in [1.165, 1.54) is 29.2 Å².